The molecular weight excluding hydrogens is 348 g/mol. The van der Waals surface area contributed by atoms with Crippen LogP contribution >= 0.6 is 27.3 Å². The Kier molecular flexibility index (Phi) is 4.62. The highest BCUT2D eigenvalue weighted by Crippen LogP contribution is 2.22. The molecule has 0 fully saturated rings. The van der Waals surface area contributed by atoms with Crippen LogP contribution in [0.4, 0.5) is 5.69 Å². The van der Waals surface area contributed by atoms with Gasteiger partial charge in [-0.2, -0.15) is 0 Å². The van der Waals surface area contributed by atoms with E-state index in [2.05, 4.69) is 20.7 Å². The zero-order valence-electron chi connectivity index (χ0n) is 9.97. The normalized spacial score (nSPS) is 11.6. The summed E-state index contributed by atoms with van der Waals surface area (Å²) in [5.41, 5.74) is 6.15. The molecule has 102 valence electrons. The van der Waals surface area contributed by atoms with Crippen LogP contribution in [0.3, 0.4) is 0 Å². The molecule has 1 heterocycles. The molecule has 3 N–H and O–H groups in total. The minimum Gasteiger partial charge on any atom is -0.398 e. The Labute approximate surface area is 124 Å². The van der Waals surface area contributed by atoms with Gasteiger partial charge in [-0.25, -0.2) is 13.1 Å². The molecule has 0 aliphatic heterocycles. The first kappa shape index (κ1) is 14.5. The van der Waals surface area contributed by atoms with Crippen LogP contribution in [0.15, 0.2) is 45.1 Å². The Bertz CT molecular complexity index is 654. The first-order valence-corrected chi connectivity index (χ1v) is 8.72. The monoisotopic (exact) mass is 360 g/mol. The number of benzene rings is 1. The highest BCUT2D eigenvalue weighted by atomic mass is 79.9. The van der Waals surface area contributed by atoms with Crippen LogP contribution in [-0.2, 0) is 16.4 Å². The van der Waals surface area contributed by atoms with Crippen molar-refractivity contribution < 1.29 is 8.42 Å². The molecule has 0 aliphatic carbocycles. The van der Waals surface area contributed by atoms with Crippen molar-refractivity contribution in [3.05, 3.63) is 45.1 Å². The smallest absolute Gasteiger partial charge is 0.240 e. The van der Waals surface area contributed by atoms with Gasteiger partial charge in [0.15, 0.2) is 0 Å². The number of rotatable bonds is 5. The number of thiophene rings is 1. The van der Waals surface area contributed by atoms with Gasteiger partial charge in [-0.3, -0.25) is 0 Å². The number of anilines is 1. The SMILES string of the molecule is Nc1ccc(S(=O)(=O)NCCc2cccs2)cc1Br. The van der Waals surface area contributed by atoms with Crippen molar-refractivity contribution in [3.63, 3.8) is 0 Å². The number of hydrogen-bond acceptors (Lipinski definition) is 4. The summed E-state index contributed by atoms with van der Waals surface area (Å²) >= 11 is 4.84. The fraction of sp³-hybridized carbons (Fsp3) is 0.167. The summed E-state index contributed by atoms with van der Waals surface area (Å²) < 4.78 is 27.3. The fourth-order valence-electron chi connectivity index (χ4n) is 1.52. The van der Waals surface area contributed by atoms with Gasteiger partial charge in [-0.05, 0) is 52.0 Å². The van der Waals surface area contributed by atoms with Gasteiger partial charge in [-0.1, -0.05) is 6.07 Å². The zero-order valence-corrected chi connectivity index (χ0v) is 13.2. The number of hydrogen-bond donors (Lipinski definition) is 2. The van der Waals surface area contributed by atoms with Gasteiger partial charge >= 0.3 is 0 Å². The molecule has 1 aromatic heterocycles. The maximum absolute atomic E-state index is 12.1. The van der Waals surface area contributed by atoms with Crippen molar-refractivity contribution in [1.29, 1.82) is 0 Å². The lowest BCUT2D eigenvalue weighted by molar-refractivity contribution is 0.582. The number of nitrogens with one attached hydrogen (secondary N) is 1. The number of nitrogen functional groups attached to an aromatic ring is 1. The van der Waals surface area contributed by atoms with Crippen LogP contribution in [0.5, 0.6) is 0 Å². The van der Waals surface area contributed by atoms with Crippen molar-refractivity contribution >= 4 is 43.0 Å². The van der Waals surface area contributed by atoms with E-state index in [9.17, 15) is 8.42 Å². The summed E-state index contributed by atoms with van der Waals surface area (Å²) in [7, 11) is -3.48. The molecule has 2 aromatic rings. The minimum absolute atomic E-state index is 0.208. The molecule has 0 radical (unpaired) electrons. The van der Waals surface area contributed by atoms with Crippen molar-refractivity contribution in [1.82, 2.24) is 4.72 Å². The minimum atomic E-state index is -3.48. The maximum atomic E-state index is 12.1. The topological polar surface area (TPSA) is 72.2 Å². The van der Waals surface area contributed by atoms with E-state index in [1.807, 2.05) is 17.5 Å². The molecule has 2 rings (SSSR count). The second-order valence-electron chi connectivity index (χ2n) is 3.91. The summed E-state index contributed by atoms with van der Waals surface area (Å²) in [4.78, 5) is 1.36. The van der Waals surface area contributed by atoms with E-state index in [0.717, 1.165) is 4.88 Å². The van der Waals surface area contributed by atoms with Crippen LogP contribution in [0.1, 0.15) is 4.88 Å². The van der Waals surface area contributed by atoms with Crippen LogP contribution in [-0.4, -0.2) is 15.0 Å². The van der Waals surface area contributed by atoms with Crippen LogP contribution in [0, 0.1) is 0 Å². The molecule has 4 nitrogen and oxygen atoms in total. The van der Waals surface area contributed by atoms with Gasteiger partial charge in [0.25, 0.3) is 0 Å². The average molecular weight is 361 g/mol. The summed E-state index contributed by atoms with van der Waals surface area (Å²) in [5.74, 6) is 0. The van der Waals surface area contributed by atoms with Crippen molar-refractivity contribution in [2.75, 3.05) is 12.3 Å². The Morgan fingerprint density at radius 2 is 2.11 bits per heavy atom. The Hall–Kier alpha value is -0.890. The highest BCUT2D eigenvalue weighted by molar-refractivity contribution is 9.10. The van der Waals surface area contributed by atoms with E-state index < -0.39 is 10.0 Å². The molecule has 0 atom stereocenters. The number of halogens is 1. The second kappa shape index (κ2) is 6.04. The molecule has 0 bridgehead atoms. The van der Waals surface area contributed by atoms with E-state index >= 15 is 0 Å². The molecule has 0 saturated carbocycles. The third-order valence-corrected chi connectivity index (χ3v) is 5.61. The third-order valence-electron chi connectivity index (χ3n) is 2.53. The lowest BCUT2D eigenvalue weighted by Crippen LogP contribution is -2.25. The number of sulfonamides is 1. The van der Waals surface area contributed by atoms with Gasteiger partial charge in [0.2, 0.25) is 10.0 Å². The summed E-state index contributed by atoms with van der Waals surface area (Å²) in [6, 6.07) is 8.50. The van der Waals surface area contributed by atoms with Gasteiger partial charge in [0, 0.05) is 21.6 Å². The van der Waals surface area contributed by atoms with Crippen LogP contribution in [0.2, 0.25) is 0 Å². The Morgan fingerprint density at radius 1 is 1.32 bits per heavy atom. The fourth-order valence-corrected chi connectivity index (χ4v) is 3.82. The van der Waals surface area contributed by atoms with Crippen molar-refractivity contribution in [2.45, 2.75) is 11.3 Å². The largest absolute Gasteiger partial charge is 0.398 e. The molecule has 1 aromatic carbocycles. The molecular formula is C12H13BrN2O2S2. The molecule has 0 unspecified atom stereocenters. The predicted molar refractivity (Wildman–Crippen MR) is 81.8 cm³/mol. The predicted octanol–water partition coefficient (Wildman–Crippen LogP) is 2.61. The summed E-state index contributed by atoms with van der Waals surface area (Å²) in [6.45, 7) is 0.380. The lowest BCUT2D eigenvalue weighted by Gasteiger charge is -2.07. The highest BCUT2D eigenvalue weighted by Gasteiger charge is 2.14. The Balaban J connectivity index is 2.03. The molecule has 19 heavy (non-hydrogen) atoms. The molecule has 7 heteroatoms. The quantitative estimate of drug-likeness (QED) is 0.805. The van der Waals surface area contributed by atoms with Crippen LogP contribution < -0.4 is 10.5 Å². The Morgan fingerprint density at radius 3 is 2.74 bits per heavy atom. The molecule has 0 saturated heterocycles. The van der Waals surface area contributed by atoms with Gasteiger partial charge < -0.3 is 5.73 Å². The van der Waals surface area contributed by atoms with Crippen molar-refractivity contribution in [2.24, 2.45) is 0 Å². The maximum Gasteiger partial charge on any atom is 0.240 e. The standard InChI is InChI=1S/C12H13BrN2O2S2/c13-11-8-10(3-4-12(11)14)19(16,17)15-6-5-9-2-1-7-18-9/h1-4,7-8,15H,5-6,14H2. The lowest BCUT2D eigenvalue weighted by atomic mass is 10.3. The van der Waals surface area contributed by atoms with Gasteiger partial charge in [0.1, 0.15) is 0 Å². The van der Waals surface area contributed by atoms with Gasteiger partial charge in [-0.15, -0.1) is 11.3 Å². The van der Waals surface area contributed by atoms with Gasteiger partial charge in [0.05, 0.1) is 4.90 Å². The van der Waals surface area contributed by atoms with Crippen molar-refractivity contribution in [3.8, 4) is 0 Å². The van der Waals surface area contributed by atoms with E-state index in [-0.39, 0.29) is 4.90 Å². The molecule has 0 amide bonds. The first-order valence-electron chi connectivity index (χ1n) is 5.56. The first-order chi connectivity index (χ1) is 8.99. The third kappa shape index (κ3) is 3.79. The molecule has 0 aliphatic rings. The average Bonchev–Trinajstić information content (AvgIpc) is 2.85. The second-order valence-corrected chi connectivity index (χ2v) is 7.56. The summed E-state index contributed by atoms with van der Waals surface area (Å²) in [6.07, 6.45) is 0.688. The van der Waals surface area contributed by atoms with E-state index in [1.54, 1.807) is 17.4 Å². The van der Waals surface area contributed by atoms with E-state index in [0.29, 0.717) is 23.1 Å². The van der Waals surface area contributed by atoms with E-state index in [4.69, 9.17) is 5.73 Å². The zero-order chi connectivity index (χ0) is 13.9. The molecule has 0 spiro atoms. The van der Waals surface area contributed by atoms with E-state index in [1.165, 1.54) is 12.1 Å². The summed E-state index contributed by atoms with van der Waals surface area (Å²) in [5, 5.41) is 1.97. The van der Waals surface area contributed by atoms with Crippen LogP contribution in [0.25, 0.3) is 0 Å². The number of nitrogens with two attached hydrogens (primary N) is 1.